The Kier molecular flexibility index (Phi) is 5.37. The molecular weight excluding hydrogens is 430 g/mol. The van der Waals surface area contributed by atoms with Gasteiger partial charge in [-0.2, -0.15) is 0 Å². The summed E-state index contributed by atoms with van der Waals surface area (Å²) in [6.45, 7) is 4.26. The van der Waals surface area contributed by atoms with Crippen molar-refractivity contribution in [1.29, 1.82) is 0 Å². The van der Waals surface area contributed by atoms with Crippen molar-refractivity contribution in [3.8, 4) is 11.3 Å². The van der Waals surface area contributed by atoms with Gasteiger partial charge in [-0.25, -0.2) is 9.97 Å². The Labute approximate surface area is 198 Å². The number of anilines is 2. The number of aliphatic hydroxyl groups excluding tert-OH is 1. The fourth-order valence-electron chi connectivity index (χ4n) is 4.62. The molecule has 1 fully saturated rings. The summed E-state index contributed by atoms with van der Waals surface area (Å²) in [4.78, 5) is 29.2. The SMILES string of the molecule is CN(Cc1ccc2c(c1)N(c1ncc(-c3cc(C(C)(C)O)ccn3)cn1)CC21CC1)C(=O)CO. The van der Waals surface area contributed by atoms with Crippen molar-refractivity contribution in [1.82, 2.24) is 19.9 Å². The largest absolute Gasteiger partial charge is 0.387 e. The summed E-state index contributed by atoms with van der Waals surface area (Å²) in [7, 11) is 1.69. The third-order valence-corrected chi connectivity index (χ3v) is 6.86. The van der Waals surface area contributed by atoms with Crippen LogP contribution in [0.3, 0.4) is 0 Å². The fraction of sp³-hybridized carbons (Fsp3) is 0.385. The second-order valence-electron chi connectivity index (χ2n) is 9.89. The number of benzene rings is 1. The Bertz CT molecular complexity index is 1230. The van der Waals surface area contributed by atoms with Crippen LogP contribution < -0.4 is 4.90 Å². The molecule has 1 aliphatic carbocycles. The van der Waals surface area contributed by atoms with Crippen molar-refractivity contribution in [2.45, 2.75) is 44.2 Å². The van der Waals surface area contributed by atoms with Crippen LogP contribution in [0.5, 0.6) is 0 Å². The normalized spacial score (nSPS) is 16.0. The first-order valence-electron chi connectivity index (χ1n) is 11.5. The minimum atomic E-state index is -0.954. The monoisotopic (exact) mass is 459 g/mol. The third kappa shape index (κ3) is 4.03. The van der Waals surface area contributed by atoms with Crippen LogP contribution in [0.25, 0.3) is 11.3 Å². The molecule has 1 aliphatic heterocycles. The molecule has 0 saturated heterocycles. The van der Waals surface area contributed by atoms with Crippen LogP contribution in [0.2, 0.25) is 0 Å². The number of hydrogen-bond donors (Lipinski definition) is 2. The number of pyridine rings is 1. The molecule has 176 valence electrons. The van der Waals surface area contributed by atoms with Gasteiger partial charge in [0.05, 0.1) is 11.3 Å². The topological polar surface area (TPSA) is 103 Å². The van der Waals surface area contributed by atoms with Crippen molar-refractivity contribution >= 4 is 17.5 Å². The lowest BCUT2D eigenvalue weighted by Gasteiger charge is -2.20. The summed E-state index contributed by atoms with van der Waals surface area (Å²) in [6, 6.07) is 10.00. The maximum Gasteiger partial charge on any atom is 0.248 e. The quantitative estimate of drug-likeness (QED) is 0.584. The van der Waals surface area contributed by atoms with Crippen molar-refractivity contribution in [3.63, 3.8) is 0 Å². The molecule has 2 N–H and O–H groups in total. The zero-order valence-corrected chi connectivity index (χ0v) is 19.7. The predicted molar refractivity (Wildman–Crippen MR) is 128 cm³/mol. The molecule has 8 heteroatoms. The number of aromatic nitrogens is 3. The van der Waals surface area contributed by atoms with E-state index in [-0.39, 0.29) is 11.3 Å². The number of amides is 1. The lowest BCUT2D eigenvalue weighted by Crippen LogP contribution is -2.28. The molecule has 0 unspecified atom stereocenters. The van der Waals surface area contributed by atoms with Crippen molar-refractivity contribution in [2.75, 3.05) is 25.1 Å². The van der Waals surface area contributed by atoms with Gasteiger partial charge in [-0.1, -0.05) is 12.1 Å². The molecule has 0 atom stereocenters. The van der Waals surface area contributed by atoms with Gasteiger partial charge in [0, 0.05) is 55.4 Å². The van der Waals surface area contributed by atoms with E-state index < -0.39 is 12.2 Å². The Morgan fingerprint density at radius 1 is 1.15 bits per heavy atom. The van der Waals surface area contributed by atoms with Crippen molar-refractivity contribution in [2.24, 2.45) is 0 Å². The van der Waals surface area contributed by atoms with E-state index in [9.17, 15) is 9.90 Å². The molecule has 5 rings (SSSR count). The van der Waals surface area contributed by atoms with Gasteiger partial charge in [0.1, 0.15) is 6.61 Å². The minimum absolute atomic E-state index is 0.158. The molecule has 2 aromatic heterocycles. The van der Waals surface area contributed by atoms with Crippen LogP contribution in [0.1, 0.15) is 43.4 Å². The molecule has 2 aliphatic rings. The Morgan fingerprint density at radius 3 is 2.53 bits per heavy atom. The second-order valence-corrected chi connectivity index (χ2v) is 9.89. The Hall–Kier alpha value is -3.36. The molecule has 3 aromatic rings. The van der Waals surface area contributed by atoms with Gasteiger partial charge in [-0.05, 0) is 61.6 Å². The predicted octanol–water partition coefficient (Wildman–Crippen LogP) is 2.90. The highest BCUT2D eigenvalue weighted by atomic mass is 16.3. The zero-order chi connectivity index (χ0) is 24.1. The average Bonchev–Trinajstić information content (AvgIpc) is 3.54. The van der Waals surface area contributed by atoms with Gasteiger partial charge < -0.3 is 20.0 Å². The summed E-state index contributed by atoms with van der Waals surface area (Å²) in [5, 5.41) is 19.5. The first kappa shape index (κ1) is 22.4. The van der Waals surface area contributed by atoms with Crippen molar-refractivity contribution < 1.29 is 15.0 Å². The Balaban J connectivity index is 1.43. The number of carbonyl (C=O) groups excluding carboxylic acids is 1. The number of carbonyl (C=O) groups is 1. The van der Waals surface area contributed by atoms with E-state index in [4.69, 9.17) is 5.11 Å². The summed E-state index contributed by atoms with van der Waals surface area (Å²) in [6.07, 6.45) is 7.51. The van der Waals surface area contributed by atoms with Crippen LogP contribution in [0, 0.1) is 0 Å². The van der Waals surface area contributed by atoms with E-state index in [2.05, 4.69) is 38.1 Å². The van der Waals surface area contributed by atoms with Gasteiger partial charge in [-0.15, -0.1) is 0 Å². The molecule has 0 bridgehead atoms. The summed E-state index contributed by atoms with van der Waals surface area (Å²) < 4.78 is 0. The van der Waals surface area contributed by atoms with Crippen LogP contribution in [-0.2, 0) is 22.4 Å². The summed E-state index contributed by atoms with van der Waals surface area (Å²) in [5.41, 5.74) is 4.86. The summed E-state index contributed by atoms with van der Waals surface area (Å²) >= 11 is 0. The number of likely N-dealkylation sites (N-methyl/N-ethyl adjacent to an activating group) is 1. The molecule has 3 heterocycles. The zero-order valence-electron chi connectivity index (χ0n) is 19.7. The van der Waals surface area contributed by atoms with E-state index in [0.717, 1.165) is 41.8 Å². The first-order valence-corrected chi connectivity index (χ1v) is 11.5. The maximum atomic E-state index is 11.8. The van der Waals surface area contributed by atoms with Crippen molar-refractivity contribution in [3.05, 3.63) is 65.6 Å². The van der Waals surface area contributed by atoms with E-state index in [1.54, 1.807) is 45.6 Å². The second kappa shape index (κ2) is 8.14. The first-order chi connectivity index (χ1) is 16.2. The lowest BCUT2D eigenvalue weighted by atomic mass is 9.97. The standard InChI is InChI=1S/C26H29N5O3/c1-25(2,34)19-6-9-27-21(11-19)18-12-28-24(29-13-18)31-16-26(7-8-26)20-5-4-17(10-22(20)31)14-30(3)23(33)15-32/h4-6,9-13,32,34H,7-8,14-16H2,1-3H3. The Morgan fingerprint density at radius 2 is 1.88 bits per heavy atom. The van der Waals surface area contributed by atoms with Gasteiger partial charge in [0.15, 0.2) is 0 Å². The smallest absolute Gasteiger partial charge is 0.248 e. The molecule has 1 spiro atoms. The lowest BCUT2D eigenvalue weighted by molar-refractivity contribution is -0.133. The molecule has 1 amide bonds. The van der Waals surface area contributed by atoms with Gasteiger partial charge >= 0.3 is 0 Å². The van der Waals surface area contributed by atoms with Crippen LogP contribution in [0.4, 0.5) is 11.6 Å². The number of hydrogen-bond acceptors (Lipinski definition) is 7. The molecular formula is C26H29N5O3. The highest BCUT2D eigenvalue weighted by Gasteiger charge is 2.52. The average molecular weight is 460 g/mol. The number of aliphatic hydroxyl groups is 2. The van der Waals surface area contributed by atoms with Crippen LogP contribution >= 0.6 is 0 Å². The molecule has 0 radical (unpaired) electrons. The van der Waals surface area contributed by atoms with Gasteiger partial charge in [0.25, 0.3) is 0 Å². The fourth-order valence-corrected chi connectivity index (χ4v) is 4.62. The molecule has 8 nitrogen and oxygen atoms in total. The van der Waals surface area contributed by atoms with E-state index in [1.807, 2.05) is 6.07 Å². The molecule has 1 aromatic carbocycles. The van der Waals surface area contributed by atoms with E-state index in [0.29, 0.717) is 18.2 Å². The van der Waals surface area contributed by atoms with Gasteiger partial charge in [-0.3, -0.25) is 9.78 Å². The van der Waals surface area contributed by atoms with Gasteiger partial charge in [0.2, 0.25) is 11.9 Å². The minimum Gasteiger partial charge on any atom is -0.387 e. The highest BCUT2D eigenvalue weighted by Crippen LogP contribution is 2.57. The number of fused-ring (bicyclic) bond motifs is 2. The van der Waals surface area contributed by atoms with E-state index >= 15 is 0 Å². The van der Waals surface area contributed by atoms with Crippen LogP contribution in [0.15, 0.2) is 48.9 Å². The highest BCUT2D eigenvalue weighted by molar-refractivity contribution is 5.77. The molecule has 34 heavy (non-hydrogen) atoms. The number of rotatable bonds is 6. The summed E-state index contributed by atoms with van der Waals surface area (Å²) in [5.74, 6) is 0.321. The maximum absolute atomic E-state index is 11.8. The molecule has 1 saturated carbocycles. The number of nitrogens with zero attached hydrogens (tertiary/aromatic N) is 5. The van der Waals surface area contributed by atoms with E-state index in [1.165, 1.54) is 10.5 Å². The van der Waals surface area contributed by atoms with Crippen LogP contribution in [-0.4, -0.2) is 56.2 Å². The third-order valence-electron chi connectivity index (χ3n) is 6.86.